The molecule has 0 aromatic carbocycles. The average molecular weight is 314 g/mol. The maximum atomic E-state index is 11.2. The molecule has 6 nitrogen and oxygen atoms in total. The second kappa shape index (κ2) is 6.21. The summed E-state index contributed by atoms with van der Waals surface area (Å²) in [6, 6.07) is 1.12. The van der Waals surface area contributed by atoms with Gasteiger partial charge in [-0.3, -0.25) is 4.79 Å². The van der Waals surface area contributed by atoms with E-state index in [1.54, 1.807) is 0 Å². The molecule has 9 heteroatoms. The maximum Gasteiger partial charge on any atom is 0.302 e. The summed E-state index contributed by atoms with van der Waals surface area (Å²) < 4.78 is 32.2. The van der Waals surface area contributed by atoms with E-state index in [2.05, 4.69) is 9.72 Å². The number of carbonyl (C=O) groups excluding carboxylic acids is 1. The highest BCUT2D eigenvalue weighted by molar-refractivity contribution is 8.13. The van der Waals surface area contributed by atoms with Gasteiger partial charge in [0.1, 0.15) is 18.1 Å². The number of hydrogen-bond donors (Lipinski definition) is 0. The summed E-state index contributed by atoms with van der Waals surface area (Å²) in [7, 11) is 1.19. The van der Waals surface area contributed by atoms with Crippen LogP contribution in [-0.2, 0) is 18.6 Å². The first kappa shape index (κ1) is 15.0. The third-order valence-corrected chi connectivity index (χ3v) is 3.20. The lowest BCUT2D eigenvalue weighted by Crippen LogP contribution is -2.11. The van der Waals surface area contributed by atoms with Crippen molar-refractivity contribution in [2.24, 2.45) is 0 Å². The molecular formula is C9H9Cl2NO5S. The summed E-state index contributed by atoms with van der Waals surface area (Å²) >= 11 is 5.62. The predicted octanol–water partition coefficient (Wildman–Crippen LogP) is 1.60. The van der Waals surface area contributed by atoms with E-state index in [0.717, 1.165) is 6.07 Å². The number of nitrogens with zero attached hydrogens (tertiary/aromatic N) is 1. The monoisotopic (exact) mass is 313 g/mol. The Balaban J connectivity index is 2.80. The number of carbonyl (C=O) groups is 1. The lowest BCUT2D eigenvalue weighted by atomic mass is 10.5. The van der Waals surface area contributed by atoms with Gasteiger partial charge < -0.3 is 9.47 Å². The lowest BCUT2D eigenvalue weighted by Gasteiger charge is -2.08. The van der Waals surface area contributed by atoms with Crippen LogP contribution in [0, 0.1) is 0 Å². The molecule has 0 N–H and O–H groups in total. The molecular weight excluding hydrogens is 305 g/mol. The Kier molecular flexibility index (Phi) is 5.18. The van der Waals surface area contributed by atoms with E-state index in [4.69, 9.17) is 27.0 Å². The Morgan fingerprint density at radius 3 is 2.67 bits per heavy atom. The molecule has 1 aromatic rings. The van der Waals surface area contributed by atoms with E-state index >= 15 is 0 Å². The first-order chi connectivity index (χ1) is 8.30. The number of ether oxygens (including phenoxy) is 2. The minimum atomic E-state index is -4.02. The average Bonchev–Trinajstić information content (AvgIpc) is 2.24. The van der Waals surface area contributed by atoms with E-state index in [0.29, 0.717) is 0 Å². The van der Waals surface area contributed by atoms with E-state index < -0.39 is 15.0 Å². The zero-order chi connectivity index (χ0) is 13.8. The van der Waals surface area contributed by atoms with Crippen LogP contribution in [0.5, 0.6) is 5.88 Å². The number of hydrogen-bond acceptors (Lipinski definition) is 6. The van der Waals surface area contributed by atoms with Crippen molar-refractivity contribution in [3.05, 3.63) is 17.3 Å². The summed E-state index contributed by atoms with van der Waals surface area (Å²) in [6.07, 6.45) is 1.22. The van der Waals surface area contributed by atoms with Crippen LogP contribution < -0.4 is 4.74 Å². The van der Waals surface area contributed by atoms with Gasteiger partial charge in [-0.1, -0.05) is 11.6 Å². The molecule has 0 amide bonds. The van der Waals surface area contributed by atoms with Gasteiger partial charge in [-0.25, -0.2) is 13.4 Å². The van der Waals surface area contributed by atoms with E-state index in [9.17, 15) is 13.2 Å². The second-order valence-corrected chi connectivity index (χ2v) is 6.05. The fourth-order valence-electron chi connectivity index (χ4n) is 1.01. The molecule has 1 heterocycles. The van der Waals surface area contributed by atoms with Gasteiger partial charge in [0, 0.05) is 23.8 Å². The SMILES string of the molecule is CC(=O)OCCOc1ncc(Cl)cc1S(=O)(=O)Cl. The number of halogens is 2. The van der Waals surface area contributed by atoms with Gasteiger partial charge in [0.2, 0.25) is 5.88 Å². The van der Waals surface area contributed by atoms with Crippen molar-refractivity contribution in [2.75, 3.05) is 13.2 Å². The van der Waals surface area contributed by atoms with Crippen molar-refractivity contribution in [3.63, 3.8) is 0 Å². The molecule has 0 atom stereocenters. The van der Waals surface area contributed by atoms with Crippen LogP contribution in [0.25, 0.3) is 0 Å². The Hall–Kier alpha value is -1.05. The van der Waals surface area contributed by atoms with Gasteiger partial charge in [0.25, 0.3) is 9.05 Å². The van der Waals surface area contributed by atoms with Crippen molar-refractivity contribution in [1.82, 2.24) is 4.98 Å². The van der Waals surface area contributed by atoms with Gasteiger partial charge in [0.15, 0.2) is 0 Å². The Morgan fingerprint density at radius 1 is 1.44 bits per heavy atom. The molecule has 18 heavy (non-hydrogen) atoms. The van der Waals surface area contributed by atoms with Crippen LogP contribution in [0.1, 0.15) is 6.92 Å². The second-order valence-electron chi connectivity index (χ2n) is 3.08. The first-order valence-electron chi connectivity index (χ1n) is 4.67. The third kappa shape index (κ3) is 4.67. The maximum absolute atomic E-state index is 11.2. The van der Waals surface area contributed by atoms with Crippen LogP contribution in [0.3, 0.4) is 0 Å². The van der Waals surface area contributed by atoms with Gasteiger partial charge in [-0.05, 0) is 6.07 Å². The molecule has 0 saturated carbocycles. The summed E-state index contributed by atoms with van der Waals surface area (Å²) in [5.41, 5.74) is 0. The normalized spacial score (nSPS) is 11.1. The molecule has 0 saturated heterocycles. The Bertz CT molecular complexity index is 546. The molecule has 0 fully saturated rings. The van der Waals surface area contributed by atoms with Gasteiger partial charge in [-0.2, -0.15) is 0 Å². The van der Waals surface area contributed by atoms with Crippen molar-refractivity contribution in [3.8, 4) is 5.88 Å². The molecule has 0 bridgehead atoms. The number of aromatic nitrogens is 1. The quantitative estimate of drug-likeness (QED) is 0.466. The van der Waals surface area contributed by atoms with Crippen molar-refractivity contribution in [1.29, 1.82) is 0 Å². The highest BCUT2D eigenvalue weighted by Crippen LogP contribution is 2.27. The van der Waals surface area contributed by atoms with E-state index in [-0.39, 0.29) is 29.0 Å². The van der Waals surface area contributed by atoms with E-state index in [1.165, 1.54) is 13.1 Å². The Morgan fingerprint density at radius 2 is 2.11 bits per heavy atom. The van der Waals surface area contributed by atoms with Crippen molar-refractivity contribution < 1.29 is 22.7 Å². The molecule has 1 aromatic heterocycles. The summed E-state index contributed by atoms with van der Waals surface area (Å²) in [6.45, 7) is 1.17. The molecule has 100 valence electrons. The highest BCUT2D eigenvalue weighted by atomic mass is 35.7. The lowest BCUT2D eigenvalue weighted by molar-refractivity contribution is -0.141. The van der Waals surface area contributed by atoms with Crippen LogP contribution >= 0.6 is 22.3 Å². The first-order valence-corrected chi connectivity index (χ1v) is 7.36. The molecule has 0 unspecified atom stereocenters. The summed E-state index contributed by atoms with van der Waals surface area (Å²) in [4.78, 5) is 13.9. The van der Waals surface area contributed by atoms with E-state index in [1.807, 2.05) is 0 Å². The topological polar surface area (TPSA) is 82.6 Å². The Labute approximate surface area is 113 Å². The van der Waals surface area contributed by atoms with Crippen LogP contribution in [-0.4, -0.2) is 32.6 Å². The number of pyridine rings is 1. The fourth-order valence-corrected chi connectivity index (χ4v) is 2.16. The van der Waals surface area contributed by atoms with Crippen molar-refractivity contribution in [2.45, 2.75) is 11.8 Å². The zero-order valence-electron chi connectivity index (χ0n) is 9.22. The highest BCUT2D eigenvalue weighted by Gasteiger charge is 2.19. The summed E-state index contributed by atoms with van der Waals surface area (Å²) in [5.74, 6) is -0.658. The van der Waals surface area contributed by atoms with Gasteiger partial charge in [0.05, 0.1) is 5.02 Å². The van der Waals surface area contributed by atoms with Crippen LogP contribution in [0.15, 0.2) is 17.2 Å². The largest absolute Gasteiger partial charge is 0.473 e. The van der Waals surface area contributed by atoms with Gasteiger partial charge >= 0.3 is 5.97 Å². The van der Waals surface area contributed by atoms with Gasteiger partial charge in [-0.15, -0.1) is 0 Å². The third-order valence-electron chi connectivity index (χ3n) is 1.68. The predicted molar refractivity (Wildman–Crippen MR) is 64.4 cm³/mol. The molecule has 1 rings (SSSR count). The minimum Gasteiger partial charge on any atom is -0.473 e. The van der Waals surface area contributed by atoms with Crippen LogP contribution in [0.4, 0.5) is 0 Å². The minimum absolute atomic E-state index is 0.0264. The summed E-state index contributed by atoms with van der Waals surface area (Å²) in [5, 5.41) is 0.113. The molecule has 0 aliphatic rings. The molecule has 0 spiro atoms. The molecule has 0 radical (unpaired) electrons. The standard InChI is InChI=1S/C9H9Cl2NO5S/c1-6(13)16-2-3-17-9-8(18(11,14)15)4-7(10)5-12-9/h4-5H,2-3H2,1H3. The number of esters is 1. The zero-order valence-corrected chi connectivity index (χ0v) is 11.5. The van der Waals surface area contributed by atoms with Crippen LogP contribution in [0.2, 0.25) is 5.02 Å². The fraction of sp³-hybridized carbons (Fsp3) is 0.333. The molecule has 0 aliphatic heterocycles. The number of rotatable bonds is 5. The smallest absolute Gasteiger partial charge is 0.302 e. The van der Waals surface area contributed by atoms with Crippen molar-refractivity contribution >= 4 is 37.3 Å². The molecule has 0 aliphatic carbocycles.